The molecule has 0 aliphatic heterocycles. The lowest BCUT2D eigenvalue weighted by Gasteiger charge is -2.06. The third-order valence-electron chi connectivity index (χ3n) is 4.51. The van der Waals surface area contributed by atoms with Gasteiger partial charge < -0.3 is 4.74 Å². The van der Waals surface area contributed by atoms with E-state index in [4.69, 9.17) is 4.74 Å². The van der Waals surface area contributed by atoms with Gasteiger partial charge in [0.2, 0.25) is 0 Å². The van der Waals surface area contributed by atoms with E-state index in [1.807, 2.05) is 30.3 Å². The summed E-state index contributed by atoms with van der Waals surface area (Å²) in [4.78, 5) is 0. The van der Waals surface area contributed by atoms with Gasteiger partial charge in [-0.3, -0.25) is 0 Å². The van der Waals surface area contributed by atoms with Gasteiger partial charge in [-0.1, -0.05) is 109 Å². The van der Waals surface area contributed by atoms with E-state index in [1.165, 1.54) is 89.9 Å². The van der Waals surface area contributed by atoms with E-state index in [0.29, 0.717) is 0 Å². The molecule has 0 radical (unpaired) electrons. The number of hydrogen-bond acceptors (Lipinski definition) is 1. The highest BCUT2D eigenvalue weighted by Gasteiger charge is 1.95. The maximum atomic E-state index is 5.71. The third-order valence-corrected chi connectivity index (χ3v) is 4.51. The first-order chi connectivity index (χ1) is 11.4. The standard InChI is InChI=1S/C22H38O/c1-2-3-4-5-6-7-8-9-10-11-12-13-14-18-21-23-22-19-16-15-17-20-22/h15-17,19-20H,2-14,18,21H2,1H3. The molecule has 1 aromatic carbocycles. The van der Waals surface area contributed by atoms with Gasteiger partial charge in [-0.25, -0.2) is 0 Å². The van der Waals surface area contributed by atoms with Crippen LogP contribution in [-0.2, 0) is 0 Å². The van der Waals surface area contributed by atoms with Crippen molar-refractivity contribution >= 4 is 0 Å². The number of para-hydroxylation sites is 1. The van der Waals surface area contributed by atoms with Gasteiger partial charge in [0.15, 0.2) is 0 Å². The molecule has 0 amide bonds. The molecule has 0 heterocycles. The molecule has 0 fully saturated rings. The van der Waals surface area contributed by atoms with E-state index in [1.54, 1.807) is 0 Å². The Hall–Kier alpha value is -0.980. The summed E-state index contributed by atoms with van der Waals surface area (Å²) < 4.78 is 5.71. The van der Waals surface area contributed by atoms with Gasteiger partial charge in [-0.05, 0) is 18.6 Å². The molecule has 0 bridgehead atoms. The first-order valence-corrected chi connectivity index (χ1v) is 10.1. The van der Waals surface area contributed by atoms with Crippen molar-refractivity contribution in [2.75, 3.05) is 6.61 Å². The van der Waals surface area contributed by atoms with Crippen LogP contribution in [0.1, 0.15) is 96.8 Å². The molecular formula is C22H38O. The number of rotatable bonds is 16. The Bertz CT molecular complexity index is 333. The Kier molecular flexibility index (Phi) is 13.9. The molecule has 1 nitrogen and oxygen atoms in total. The SMILES string of the molecule is CCCCCCCCCCCCCCCCOc1ccccc1. The second-order valence-corrected chi connectivity index (χ2v) is 6.76. The van der Waals surface area contributed by atoms with Crippen molar-refractivity contribution in [1.82, 2.24) is 0 Å². The van der Waals surface area contributed by atoms with Crippen molar-refractivity contribution < 1.29 is 4.74 Å². The average Bonchev–Trinajstić information content (AvgIpc) is 2.59. The van der Waals surface area contributed by atoms with E-state index in [-0.39, 0.29) is 0 Å². The van der Waals surface area contributed by atoms with Gasteiger partial charge in [0, 0.05) is 0 Å². The zero-order valence-electron chi connectivity index (χ0n) is 15.4. The Morgan fingerprint density at radius 3 is 1.48 bits per heavy atom. The summed E-state index contributed by atoms with van der Waals surface area (Å²) in [7, 11) is 0. The predicted molar refractivity (Wildman–Crippen MR) is 102 cm³/mol. The molecule has 0 saturated heterocycles. The zero-order chi connectivity index (χ0) is 16.4. The molecule has 0 saturated carbocycles. The van der Waals surface area contributed by atoms with Crippen LogP contribution in [-0.4, -0.2) is 6.61 Å². The second-order valence-electron chi connectivity index (χ2n) is 6.76. The quantitative estimate of drug-likeness (QED) is 0.286. The molecule has 0 unspecified atom stereocenters. The van der Waals surface area contributed by atoms with Crippen molar-refractivity contribution in [2.45, 2.75) is 96.8 Å². The largest absolute Gasteiger partial charge is 0.494 e. The molecule has 0 N–H and O–H groups in total. The monoisotopic (exact) mass is 318 g/mol. The lowest BCUT2D eigenvalue weighted by Crippen LogP contribution is -1.96. The van der Waals surface area contributed by atoms with Gasteiger partial charge >= 0.3 is 0 Å². The zero-order valence-corrected chi connectivity index (χ0v) is 15.4. The summed E-state index contributed by atoms with van der Waals surface area (Å²) in [6, 6.07) is 10.1. The highest BCUT2D eigenvalue weighted by molar-refractivity contribution is 5.20. The Morgan fingerprint density at radius 2 is 1.00 bits per heavy atom. The molecule has 0 aliphatic rings. The number of ether oxygens (including phenoxy) is 1. The minimum absolute atomic E-state index is 0.863. The number of benzene rings is 1. The fraction of sp³-hybridized carbons (Fsp3) is 0.727. The highest BCUT2D eigenvalue weighted by atomic mass is 16.5. The van der Waals surface area contributed by atoms with Crippen LogP contribution in [0.4, 0.5) is 0 Å². The van der Waals surface area contributed by atoms with Crippen molar-refractivity contribution in [3.63, 3.8) is 0 Å². The maximum Gasteiger partial charge on any atom is 0.119 e. The molecule has 132 valence electrons. The Morgan fingerprint density at radius 1 is 0.565 bits per heavy atom. The highest BCUT2D eigenvalue weighted by Crippen LogP contribution is 2.13. The smallest absolute Gasteiger partial charge is 0.119 e. The summed E-state index contributed by atoms with van der Waals surface area (Å²) >= 11 is 0. The lowest BCUT2D eigenvalue weighted by molar-refractivity contribution is 0.304. The van der Waals surface area contributed by atoms with Gasteiger partial charge in [0.1, 0.15) is 5.75 Å². The Balaban J connectivity index is 1.72. The normalized spacial score (nSPS) is 10.8. The van der Waals surface area contributed by atoms with Gasteiger partial charge in [-0.15, -0.1) is 0 Å². The molecule has 0 atom stereocenters. The summed E-state index contributed by atoms with van der Waals surface area (Å²) in [5.41, 5.74) is 0. The fourth-order valence-electron chi connectivity index (χ4n) is 3.00. The van der Waals surface area contributed by atoms with Crippen molar-refractivity contribution in [3.8, 4) is 5.75 Å². The molecule has 1 rings (SSSR count). The minimum Gasteiger partial charge on any atom is -0.494 e. The van der Waals surface area contributed by atoms with Crippen molar-refractivity contribution in [3.05, 3.63) is 30.3 Å². The summed E-state index contributed by atoms with van der Waals surface area (Å²) in [6.45, 7) is 3.15. The predicted octanol–water partition coefficient (Wildman–Crippen LogP) is 7.55. The summed E-state index contributed by atoms with van der Waals surface area (Å²) in [6.07, 6.45) is 19.7. The summed E-state index contributed by atoms with van der Waals surface area (Å²) in [5.74, 6) is 1.00. The van der Waals surface area contributed by atoms with Crippen LogP contribution in [0.25, 0.3) is 0 Å². The van der Waals surface area contributed by atoms with Crippen molar-refractivity contribution in [1.29, 1.82) is 0 Å². The minimum atomic E-state index is 0.863. The van der Waals surface area contributed by atoms with Crippen LogP contribution in [0.3, 0.4) is 0 Å². The number of hydrogen-bond donors (Lipinski definition) is 0. The molecular weight excluding hydrogens is 280 g/mol. The molecule has 0 spiro atoms. The van der Waals surface area contributed by atoms with E-state index in [9.17, 15) is 0 Å². The van der Waals surface area contributed by atoms with Gasteiger partial charge in [0.25, 0.3) is 0 Å². The van der Waals surface area contributed by atoms with E-state index >= 15 is 0 Å². The topological polar surface area (TPSA) is 9.23 Å². The lowest BCUT2D eigenvalue weighted by atomic mass is 10.0. The van der Waals surface area contributed by atoms with Crippen LogP contribution in [0, 0.1) is 0 Å². The molecule has 0 aromatic heterocycles. The Labute approximate surface area is 144 Å². The van der Waals surface area contributed by atoms with E-state index in [0.717, 1.165) is 12.4 Å². The van der Waals surface area contributed by atoms with Gasteiger partial charge in [-0.2, -0.15) is 0 Å². The fourth-order valence-corrected chi connectivity index (χ4v) is 3.00. The van der Waals surface area contributed by atoms with Crippen LogP contribution in [0.15, 0.2) is 30.3 Å². The molecule has 1 heteroatoms. The van der Waals surface area contributed by atoms with Crippen molar-refractivity contribution in [2.24, 2.45) is 0 Å². The average molecular weight is 319 g/mol. The van der Waals surface area contributed by atoms with Crippen LogP contribution >= 0.6 is 0 Å². The number of unbranched alkanes of at least 4 members (excludes halogenated alkanes) is 13. The summed E-state index contributed by atoms with van der Waals surface area (Å²) in [5, 5.41) is 0. The maximum absolute atomic E-state index is 5.71. The first-order valence-electron chi connectivity index (χ1n) is 10.1. The molecule has 23 heavy (non-hydrogen) atoms. The van der Waals surface area contributed by atoms with Crippen LogP contribution < -0.4 is 4.74 Å². The van der Waals surface area contributed by atoms with E-state index < -0.39 is 0 Å². The molecule has 0 aliphatic carbocycles. The second kappa shape index (κ2) is 15.9. The van der Waals surface area contributed by atoms with E-state index in [2.05, 4.69) is 6.92 Å². The van der Waals surface area contributed by atoms with Crippen LogP contribution in [0.2, 0.25) is 0 Å². The molecule has 1 aromatic rings. The first kappa shape index (κ1) is 20.1. The van der Waals surface area contributed by atoms with Gasteiger partial charge in [0.05, 0.1) is 6.61 Å². The third kappa shape index (κ3) is 13.2. The van der Waals surface area contributed by atoms with Crippen LogP contribution in [0.5, 0.6) is 5.75 Å².